The van der Waals surface area contributed by atoms with Crippen LogP contribution in [0.5, 0.6) is 0 Å². The van der Waals surface area contributed by atoms with Crippen molar-refractivity contribution in [3.05, 3.63) is 24.3 Å². The molecule has 1 aromatic heterocycles. The summed E-state index contributed by atoms with van der Waals surface area (Å²) in [4.78, 5) is 16.1. The Morgan fingerprint density at radius 1 is 1.43 bits per heavy atom. The normalized spacial score (nSPS) is 14.0. The van der Waals surface area contributed by atoms with Gasteiger partial charge in [0.2, 0.25) is 5.91 Å². The van der Waals surface area contributed by atoms with Crippen molar-refractivity contribution in [1.29, 1.82) is 0 Å². The van der Waals surface area contributed by atoms with Gasteiger partial charge in [-0.15, -0.1) is 0 Å². The predicted octanol–water partition coefficient (Wildman–Crippen LogP) is 2.44. The van der Waals surface area contributed by atoms with Crippen LogP contribution >= 0.6 is 11.8 Å². The fraction of sp³-hybridized carbons (Fsp3) is 0.467. The SMILES string of the molecule is CC(O)CC(C)CNC(=O)CSc1nc2ccccc2o1. The molecule has 5 nitrogen and oxygen atoms in total. The molecule has 6 heteroatoms. The van der Waals surface area contributed by atoms with E-state index in [4.69, 9.17) is 4.42 Å². The van der Waals surface area contributed by atoms with E-state index >= 15 is 0 Å². The quantitative estimate of drug-likeness (QED) is 0.768. The third-order valence-electron chi connectivity index (χ3n) is 2.99. The van der Waals surface area contributed by atoms with Gasteiger partial charge < -0.3 is 14.8 Å². The van der Waals surface area contributed by atoms with Gasteiger partial charge in [0.05, 0.1) is 11.9 Å². The highest BCUT2D eigenvalue weighted by atomic mass is 32.2. The number of thioether (sulfide) groups is 1. The van der Waals surface area contributed by atoms with Gasteiger partial charge in [-0.3, -0.25) is 4.79 Å². The Kier molecular flexibility index (Phi) is 5.64. The molecule has 1 heterocycles. The first kappa shape index (κ1) is 15.9. The first-order valence-electron chi connectivity index (χ1n) is 6.97. The highest BCUT2D eigenvalue weighted by Crippen LogP contribution is 2.22. The molecule has 21 heavy (non-hydrogen) atoms. The minimum absolute atomic E-state index is 0.0558. The van der Waals surface area contributed by atoms with Gasteiger partial charge in [-0.2, -0.15) is 0 Å². The van der Waals surface area contributed by atoms with Crippen LogP contribution in [-0.2, 0) is 4.79 Å². The van der Waals surface area contributed by atoms with Crippen LogP contribution in [0.15, 0.2) is 33.9 Å². The van der Waals surface area contributed by atoms with Crippen molar-refractivity contribution in [2.45, 2.75) is 31.6 Å². The van der Waals surface area contributed by atoms with Gasteiger partial charge in [0.1, 0.15) is 5.52 Å². The summed E-state index contributed by atoms with van der Waals surface area (Å²) in [6, 6.07) is 7.51. The Morgan fingerprint density at radius 3 is 2.90 bits per heavy atom. The number of nitrogens with zero attached hydrogens (tertiary/aromatic N) is 1. The van der Waals surface area contributed by atoms with Gasteiger partial charge in [0, 0.05) is 6.54 Å². The lowest BCUT2D eigenvalue weighted by atomic mass is 10.1. The number of hydrogen-bond donors (Lipinski definition) is 2. The average Bonchev–Trinajstić information content (AvgIpc) is 2.85. The summed E-state index contributed by atoms with van der Waals surface area (Å²) in [7, 11) is 0. The maximum atomic E-state index is 11.8. The third-order valence-corrected chi connectivity index (χ3v) is 3.82. The van der Waals surface area contributed by atoms with Gasteiger partial charge in [0.25, 0.3) is 5.22 Å². The predicted molar refractivity (Wildman–Crippen MR) is 83.2 cm³/mol. The van der Waals surface area contributed by atoms with Crippen molar-refractivity contribution in [3.8, 4) is 0 Å². The van der Waals surface area contributed by atoms with E-state index in [1.165, 1.54) is 11.8 Å². The summed E-state index contributed by atoms with van der Waals surface area (Å²) < 4.78 is 5.54. The lowest BCUT2D eigenvalue weighted by molar-refractivity contribution is -0.118. The molecule has 0 saturated heterocycles. The first-order valence-corrected chi connectivity index (χ1v) is 7.96. The number of carbonyl (C=O) groups excluding carboxylic acids is 1. The number of aromatic nitrogens is 1. The van der Waals surface area contributed by atoms with Gasteiger partial charge in [0.15, 0.2) is 5.58 Å². The maximum absolute atomic E-state index is 11.8. The zero-order valence-corrected chi connectivity index (χ0v) is 13.0. The zero-order chi connectivity index (χ0) is 15.2. The molecule has 0 bridgehead atoms. The standard InChI is InChI=1S/C15H20N2O3S/c1-10(7-11(2)18)8-16-14(19)9-21-15-17-12-5-3-4-6-13(12)20-15/h3-6,10-11,18H,7-9H2,1-2H3,(H,16,19). The number of hydrogen-bond acceptors (Lipinski definition) is 5. The summed E-state index contributed by atoms with van der Waals surface area (Å²) in [5.41, 5.74) is 1.52. The van der Waals surface area contributed by atoms with Crippen LogP contribution in [0.25, 0.3) is 11.1 Å². The third kappa shape index (κ3) is 5.06. The number of amides is 1. The highest BCUT2D eigenvalue weighted by molar-refractivity contribution is 7.99. The van der Waals surface area contributed by atoms with Crippen molar-refractivity contribution in [1.82, 2.24) is 10.3 Å². The first-order chi connectivity index (χ1) is 10.0. The molecule has 1 amide bonds. The van der Waals surface area contributed by atoms with Gasteiger partial charge in [-0.05, 0) is 31.4 Å². The Balaban J connectivity index is 1.76. The topological polar surface area (TPSA) is 75.4 Å². The largest absolute Gasteiger partial charge is 0.431 e. The molecule has 0 aliphatic carbocycles. The molecule has 0 aliphatic heterocycles. The van der Waals surface area contributed by atoms with Crippen LogP contribution in [0.4, 0.5) is 0 Å². The van der Waals surface area contributed by atoms with Crippen molar-refractivity contribution in [2.24, 2.45) is 5.92 Å². The van der Waals surface area contributed by atoms with Crippen molar-refractivity contribution < 1.29 is 14.3 Å². The number of benzene rings is 1. The monoisotopic (exact) mass is 308 g/mol. The fourth-order valence-corrected chi connectivity index (χ4v) is 2.71. The lowest BCUT2D eigenvalue weighted by Crippen LogP contribution is -2.30. The van der Waals surface area contributed by atoms with Crippen LogP contribution in [0.3, 0.4) is 0 Å². The Bertz CT molecular complexity index is 564. The summed E-state index contributed by atoms with van der Waals surface area (Å²) in [5, 5.41) is 12.6. The van der Waals surface area contributed by atoms with Crippen LogP contribution in [0.2, 0.25) is 0 Å². The van der Waals surface area contributed by atoms with Crippen LogP contribution in [-0.4, -0.2) is 34.4 Å². The van der Waals surface area contributed by atoms with Gasteiger partial charge in [-0.25, -0.2) is 4.98 Å². The summed E-state index contributed by atoms with van der Waals surface area (Å²) in [6.07, 6.45) is 0.337. The number of carbonyl (C=O) groups is 1. The number of oxazole rings is 1. The Morgan fingerprint density at radius 2 is 2.19 bits per heavy atom. The number of fused-ring (bicyclic) bond motifs is 1. The summed E-state index contributed by atoms with van der Waals surface area (Å²) in [5.74, 6) is 0.469. The van der Waals surface area contributed by atoms with E-state index in [1.54, 1.807) is 6.92 Å². The highest BCUT2D eigenvalue weighted by Gasteiger charge is 2.11. The molecule has 0 saturated carbocycles. The van der Waals surface area contributed by atoms with Crippen molar-refractivity contribution in [3.63, 3.8) is 0 Å². The van der Waals surface area contributed by atoms with E-state index in [-0.39, 0.29) is 23.7 Å². The molecule has 2 unspecified atom stereocenters. The minimum Gasteiger partial charge on any atom is -0.431 e. The number of para-hydroxylation sites is 2. The molecule has 0 radical (unpaired) electrons. The molecule has 1 aromatic carbocycles. The zero-order valence-electron chi connectivity index (χ0n) is 12.2. The molecule has 114 valence electrons. The maximum Gasteiger partial charge on any atom is 0.257 e. The molecule has 0 aliphatic rings. The number of aliphatic hydroxyl groups is 1. The van der Waals surface area contributed by atoms with E-state index in [2.05, 4.69) is 10.3 Å². The molecule has 2 rings (SSSR count). The van der Waals surface area contributed by atoms with Gasteiger partial charge in [-0.1, -0.05) is 30.8 Å². The van der Waals surface area contributed by atoms with Gasteiger partial charge >= 0.3 is 0 Å². The molecular formula is C15H20N2O3S. The van der Waals surface area contributed by atoms with Crippen LogP contribution in [0, 0.1) is 5.92 Å². The smallest absolute Gasteiger partial charge is 0.257 e. The minimum atomic E-state index is -0.342. The number of nitrogens with one attached hydrogen (secondary N) is 1. The van der Waals surface area contributed by atoms with Crippen molar-refractivity contribution in [2.75, 3.05) is 12.3 Å². The van der Waals surface area contributed by atoms with Crippen LogP contribution < -0.4 is 5.32 Å². The second-order valence-corrected chi connectivity index (χ2v) is 6.16. The van der Waals surface area contributed by atoms with E-state index in [1.807, 2.05) is 31.2 Å². The lowest BCUT2D eigenvalue weighted by Gasteiger charge is -2.13. The van der Waals surface area contributed by atoms with E-state index in [0.717, 1.165) is 11.1 Å². The molecule has 2 aromatic rings. The molecule has 0 fully saturated rings. The Hall–Kier alpha value is -1.53. The summed E-state index contributed by atoms with van der Waals surface area (Å²) >= 11 is 1.28. The average molecular weight is 308 g/mol. The van der Waals surface area contributed by atoms with E-state index < -0.39 is 0 Å². The van der Waals surface area contributed by atoms with E-state index in [0.29, 0.717) is 18.2 Å². The molecule has 0 spiro atoms. The molecular weight excluding hydrogens is 288 g/mol. The van der Waals surface area contributed by atoms with E-state index in [9.17, 15) is 9.90 Å². The second kappa shape index (κ2) is 7.47. The summed E-state index contributed by atoms with van der Waals surface area (Å²) in [6.45, 7) is 4.32. The number of aliphatic hydroxyl groups excluding tert-OH is 1. The fourth-order valence-electron chi connectivity index (χ4n) is 2.04. The second-order valence-electron chi connectivity index (χ2n) is 5.23. The van der Waals surface area contributed by atoms with Crippen LogP contribution in [0.1, 0.15) is 20.3 Å². The van der Waals surface area contributed by atoms with Crippen molar-refractivity contribution >= 4 is 28.8 Å². The Labute approximate surface area is 128 Å². The molecule has 2 N–H and O–H groups in total. The molecule has 2 atom stereocenters. The number of rotatable bonds is 7.